The number of aromatic amines is 1. The van der Waals surface area contributed by atoms with Crippen molar-refractivity contribution in [3.05, 3.63) is 51.9 Å². The number of rotatable bonds is 6. The van der Waals surface area contributed by atoms with E-state index in [1.165, 1.54) is 6.07 Å². The lowest BCUT2D eigenvalue weighted by atomic mass is 10.2. The number of pyridine rings is 1. The van der Waals surface area contributed by atoms with Crippen molar-refractivity contribution < 1.29 is 24.1 Å². The lowest BCUT2D eigenvalue weighted by Gasteiger charge is -2.13. The number of carbonyl (C=O) groups excluding carboxylic acids is 1. The van der Waals surface area contributed by atoms with Gasteiger partial charge in [-0.3, -0.25) is 9.59 Å². The highest BCUT2D eigenvalue weighted by atomic mass is 16.7. The molecular weight excluding hydrogens is 328 g/mol. The number of nitrogens with one attached hydrogen (secondary N) is 2. The van der Waals surface area contributed by atoms with Crippen molar-refractivity contribution in [2.24, 2.45) is 0 Å². The van der Waals surface area contributed by atoms with Gasteiger partial charge in [-0.15, -0.1) is 0 Å². The Hall–Kier alpha value is -3.00. The summed E-state index contributed by atoms with van der Waals surface area (Å²) in [6.45, 7) is 1.83. The lowest BCUT2D eigenvalue weighted by molar-refractivity contribution is 0.0842. The van der Waals surface area contributed by atoms with Crippen LogP contribution in [0, 0.1) is 6.92 Å². The minimum atomic E-state index is -0.932. The molecule has 1 aromatic heterocycles. The zero-order valence-electron chi connectivity index (χ0n) is 13.6. The molecule has 0 unspecified atom stereocenters. The number of aryl methyl sites for hydroxylation is 1. The molecule has 3 N–H and O–H groups in total. The summed E-state index contributed by atoms with van der Waals surface area (Å²) in [4.78, 5) is 26.2. The molecule has 0 bridgehead atoms. The number of amides is 1. The summed E-state index contributed by atoms with van der Waals surface area (Å²) in [7, 11) is 0. The molecule has 1 aliphatic heterocycles. The number of fused-ring (bicyclic) bond motifs is 1. The van der Waals surface area contributed by atoms with Crippen molar-refractivity contribution >= 4 is 5.91 Å². The van der Waals surface area contributed by atoms with Crippen molar-refractivity contribution in [3.63, 3.8) is 0 Å². The van der Waals surface area contributed by atoms with E-state index in [1.54, 1.807) is 31.2 Å². The van der Waals surface area contributed by atoms with E-state index in [-0.39, 0.29) is 25.5 Å². The van der Waals surface area contributed by atoms with E-state index in [4.69, 9.17) is 14.2 Å². The summed E-state index contributed by atoms with van der Waals surface area (Å²) >= 11 is 0. The molecule has 3 rings (SSSR count). The minimum absolute atomic E-state index is 0.00510. The molecule has 1 aliphatic rings. The van der Waals surface area contributed by atoms with Gasteiger partial charge in [-0.25, -0.2) is 0 Å². The predicted molar refractivity (Wildman–Crippen MR) is 88.2 cm³/mol. The molecule has 8 nitrogen and oxygen atoms in total. The third-order valence-electron chi connectivity index (χ3n) is 3.58. The average Bonchev–Trinajstić information content (AvgIpc) is 3.05. The Morgan fingerprint density at radius 2 is 2.12 bits per heavy atom. The number of hydrogen-bond acceptors (Lipinski definition) is 6. The van der Waals surface area contributed by atoms with Gasteiger partial charge in [0.25, 0.3) is 11.5 Å². The van der Waals surface area contributed by atoms with Gasteiger partial charge in [-0.05, 0) is 31.2 Å². The molecule has 0 saturated heterocycles. The third kappa shape index (κ3) is 4.10. The van der Waals surface area contributed by atoms with E-state index >= 15 is 0 Å². The van der Waals surface area contributed by atoms with Crippen molar-refractivity contribution in [2.75, 3.05) is 19.9 Å². The highest BCUT2D eigenvalue weighted by Gasteiger charge is 2.15. The second-order valence-corrected chi connectivity index (χ2v) is 5.57. The van der Waals surface area contributed by atoms with Crippen LogP contribution in [0.25, 0.3) is 0 Å². The van der Waals surface area contributed by atoms with Gasteiger partial charge in [0.15, 0.2) is 11.5 Å². The Labute approximate surface area is 143 Å². The fourth-order valence-corrected chi connectivity index (χ4v) is 2.27. The number of H-pyrrole nitrogens is 1. The van der Waals surface area contributed by atoms with Gasteiger partial charge in [0.2, 0.25) is 6.79 Å². The second kappa shape index (κ2) is 7.27. The van der Waals surface area contributed by atoms with Crippen LogP contribution in [0.5, 0.6) is 17.2 Å². The standard InChI is InChI=1S/C17H18N2O6/c1-10-2-4-13(17(22)19-10)16(21)18-7-11(20)8-23-12-3-5-14-15(6-12)25-9-24-14/h2-6,11,20H,7-9H2,1H3,(H,18,21)(H,19,22)/t11-/m0/s1. The van der Waals surface area contributed by atoms with Crippen molar-refractivity contribution in [1.29, 1.82) is 0 Å². The maximum absolute atomic E-state index is 12.0. The van der Waals surface area contributed by atoms with E-state index in [0.29, 0.717) is 22.9 Å². The monoisotopic (exact) mass is 346 g/mol. The van der Waals surface area contributed by atoms with Crippen LogP contribution in [0.15, 0.2) is 35.1 Å². The van der Waals surface area contributed by atoms with Crippen LogP contribution >= 0.6 is 0 Å². The van der Waals surface area contributed by atoms with Crippen molar-refractivity contribution in [2.45, 2.75) is 13.0 Å². The first-order valence-electron chi connectivity index (χ1n) is 7.71. The Morgan fingerprint density at radius 3 is 2.92 bits per heavy atom. The number of ether oxygens (including phenoxy) is 3. The van der Waals surface area contributed by atoms with Crippen LogP contribution in [0.2, 0.25) is 0 Å². The average molecular weight is 346 g/mol. The number of aliphatic hydroxyl groups is 1. The van der Waals surface area contributed by atoms with Crippen molar-refractivity contribution in [3.8, 4) is 17.2 Å². The number of aromatic nitrogens is 1. The molecule has 25 heavy (non-hydrogen) atoms. The summed E-state index contributed by atoms with van der Waals surface area (Å²) in [6, 6.07) is 8.16. The molecule has 8 heteroatoms. The number of hydrogen-bond donors (Lipinski definition) is 3. The van der Waals surface area contributed by atoms with Crippen LogP contribution < -0.4 is 25.1 Å². The molecule has 0 fully saturated rings. The first-order valence-corrected chi connectivity index (χ1v) is 7.71. The minimum Gasteiger partial charge on any atom is -0.491 e. The molecule has 1 atom stereocenters. The molecule has 132 valence electrons. The van der Waals surface area contributed by atoms with Crippen LogP contribution in [-0.2, 0) is 0 Å². The summed E-state index contributed by atoms with van der Waals surface area (Å²) in [5.41, 5.74) is 0.191. The molecule has 0 aliphatic carbocycles. The number of benzene rings is 1. The van der Waals surface area contributed by atoms with Crippen molar-refractivity contribution in [1.82, 2.24) is 10.3 Å². The van der Waals surface area contributed by atoms with Gasteiger partial charge in [-0.2, -0.15) is 0 Å². The van der Waals surface area contributed by atoms with Crippen LogP contribution in [-0.4, -0.2) is 42.0 Å². The molecule has 2 aromatic rings. The topological polar surface area (TPSA) is 110 Å². The molecule has 1 aromatic carbocycles. The third-order valence-corrected chi connectivity index (χ3v) is 3.58. The molecule has 0 saturated carbocycles. The maximum Gasteiger partial charge on any atom is 0.260 e. The largest absolute Gasteiger partial charge is 0.491 e. The first kappa shape index (κ1) is 16.8. The van der Waals surface area contributed by atoms with E-state index in [9.17, 15) is 14.7 Å². The lowest BCUT2D eigenvalue weighted by Crippen LogP contribution is -2.37. The van der Waals surface area contributed by atoms with E-state index < -0.39 is 17.6 Å². The fourth-order valence-electron chi connectivity index (χ4n) is 2.27. The van der Waals surface area contributed by atoms with Gasteiger partial charge < -0.3 is 29.6 Å². The van der Waals surface area contributed by atoms with Gasteiger partial charge >= 0.3 is 0 Å². The summed E-state index contributed by atoms with van der Waals surface area (Å²) < 4.78 is 15.9. The Morgan fingerprint density at radius 1 is 1.32 bits per heavy atom. The van der Waals surface area contributed by atoms with E-state index in [2.05, 4.69) is 10.3 Å². The first-order chi connectivity index (χ1) is 12.0. The normalized spacial score (nSPS) is 13.4. The number of carbonyl (C=O) groups is 1. The summed E-state index contributed by atoms with van der Waals surface area (Å²) in [5, 5.41) is 12.4. The van der Waals surface area contributed by atoms with Crippen LogP contribution in [0.1, 0.15) is 16.1 Å². The Bertz CT molecular complexity index is 832. The van der Waals surface area contributed by atoms with Gasteiger partial charge in [0.05, 0.1) is 0 Å². The predicted octanol–water partition coefficient (Wildman–Crippen LogP) is 0.582. The fraction of sp³-hybridized carbons (Fsp3) is 0.294. The summed E-state index contributed by atoms with van der Waals surface area (Å²) in [6.07, 6.45) is -0.932. The molecule has 0 radical (unpaired) electrons. The molecule has 2 heterocycles. The SMILES string of the molecule is Cc1ccc(C(=O)NC[C@H](O)COc2ccc3c(c2)OCO3)c(=O)[nH]1. The van der Waals surface area contributed by atoms with Gasteiger partial charge in [-0.1, -0.05) is 0 Å². The smallest absolute Gasteiger partial charge is 0.260 e. The van der Waals surface area contributed by atoms with E-state index in [1.807, 2.05) is 0 Å². The van der Waals surface area contributed by atoms with Crippen LogP contribution in [0.3, 0.4) is 0 Å². The molecule has 0 spiro atoms. The highest BCUT2D eigenvalue weighted by molar-refractivity contribution is 5.93. The molecular formula is C17H18N2O6. The Balaban J connectivity index is 1.48. The second-order valence-electron chi connectivity index (χ2n) is 5.57. The van der Waals surface area contributed by atoms with Crippen LogP contribution in [0.4, 0.5) is 0 Å². The quantitative estimate of drug-likeness (QED) is 0.706. The number of aliphatic hydroxyl groups excluding tert-OH is 1. The summed E-state index contributed by atoms with van der Waals surface area (Å²) in [5.74, 6) is 1.19. The zero-order valence-corrected chi connectivity index (χ0v) is 13.6. The van der Waals surface area contributed by atoms with Gasteiger partial charge in [0, 0.05) is 18.3 Å². The van der Waals surface area contributed by atoms with E-state index in [0.717, 1.165) is 0 Å². The zero-order chi connectivity index (χ0) is 17.8. The highest BCUT2D eigenvalue weighted by Crippen LogP contribution is 2.35. The Kier molecular flexibility index (Phi) is 4.90. The van der Waals surface area contributed by atoms with Gasteiger partial charge in [0.1, 0.15) is 24.0 Å². The molecule has 1 amide bonds. The maximum atomic E-state index is 12.0.